The maximum atomic E-state index is 12.0. The van der Waals surface area contributed by atoms with Crippen LogP contribution in [-0.4, -0.2) is 41.6 Å². The molecule has 1 aliphatic heterocycles. The Labute approximate surface area is 122 Å². The van der Waals surface area contributed by atoms with Crippen LogP contribution in [0.4, 0.5) is 0 Å². The fourth-order valence-corrected chi connectivity index (χ4v) is 2.21. The number of rotatable bonds is 4. The number of carboxylic acids is 1. The second kappa shape index (κ2) is 5.83. The summed E-state index contributed by atoms with van der Waals surface area (Å²) in [5.74, 6) is -0.613. The third kappa shape index (κ3) is 3.31. The van der Waals surface area contributed by atoms with Crippen LogP contribution in [0.1, 0.15) is 18.9 Å². The molecule has 0 bridgehead atoms. The Kier molecular flexibility index (Phi) is 4.13. The van der Waals surface area contributed by atoms with Crippen molar-refractivity contribution >= 4 is 11.9 Å². The molecule has 0 unspecified atom stereocenters. The summed E-state index contributed by atoms with van der Waals surface area (Å²) in [6.45, 7) is 2.14. The van der Waals surface area contributed by atoms with Gasteiger partial charge in [-0.05, 0) is 37.6 Å². The van der Waals surface area contributed by atoms with E-state index >= 15 is 0 Å². The normalized spacial score (nSPS) is 20.9. The first-order chi connectivity index (χ1) is 9.94. The van der Waals surface area contributed by atoms with Crippen LogP contribution in [0.15, 0.2) is 24.3 Å². The van der Waals surface area contributed by atoms with Crippen molar-refractivity contribution in [3.05, 3.63) is 29.8 Å². The van der Waals surface area contributed by atoms with Gasteiger partial charge in [-0.2, -0.15) is 5.26 Å². The zero-order chi connectivity index (χ0) is 15.5. The third-order valence-corrected chi connectivity index (χ3v) is 3.69. The molecule has 0 radical (unpaired) electrons. The summed E-state index contributed by atoms with van der Waals surface area (Å²) in [6.07, 6.45) is 0.449. The first-order valence-electron chi connectivity index (χ1n) is 6.59. The number of likely N-dealkylation sites (tertiary alicyclic amines) is 1. The highest BCUT2D eigenvalue weighted by atomic mass is 16.5. The number of nitriles is 1. The SMILES string of the molecule is C[C@@]1(C(=O)O)CCN(C(=O)COc2ccc(C#N)cc2)C1. The molecule has 1 aromatic rings. The van der Waals surface area contributed by atoms with E-state index in [0.717, 1.165) is 0 Å². The molecule has 1 aliphatic rings. The zero-order valence-corrected chi connectivity index (χ0v) is 11.7. The molecule has 6 heteroatoms. The van der Waals surface area contributed by atoms with E-state index in [1.807, 2.05) is 6.07 Å². The molecule has 1 saturated heterocycles. The standard InChI is InChI=1S/C15H16N2O4/c1-15(14(19)20)6-7-17(10-15)13(18)9-21-12-4-2-11(8-16)3-5-12/h2-5H,6-7,9-10H2,1H3,(H,19,20)/t15-/m1/s1. The van der Waals surface area contributed by atoms with Gasteiger partial charge in [-0.1, -0.05) is 0 Å². The minimum atomic E-state index is -0.884. The molecule has 1 heterocycles. The van der Waals surface area contributed by atoms with Gasteiger partial charge in [0.15, 0.2) is 6.61 Å². The summed E-state index contributed by atoms with van der Waals surface area (Å²) in [5.41, 5.74) is -0.352. The number of hydrogen-bond acceptors (Lipinski definition) is 4. The van der Waals surface area contributed by atoms with Crippen molar-refractivity contribution in [3.63, 3.8) is 0 Å². The molecule has 0 aliphatic carbocycles. The lowest BCUT2D eigenvalue weighted by Crippen LogP contribution is -2.37. The number of carbonyl (C=O) groups excluding carboxylic acids is 1. The molecule has 0 spiro atoms. The van der Waals surface area contributed by atoms with Crippen molar-refractivity contribution in [1.29, 1.82) is 5.26 Å². The average molecular weight is 288 g/mol. The molecule has 1 fully saturated rings. The fourth-order valence-electron chi connectivity index (χ4n) is 2.21. The quantitative estimate of drug-likeness (QED) is 0.900. The average Bonchev–Trinajstić information content (AvgIpc) is 2.89. The van der Waals surface area contributed by atoms with Crippen molar-refractivity contribution in [1.82, 2.24) is 4.90 Å². The second-order valence-electron chi connectivity index (χ2n) is 5.36. The lowest BCUT2D eigenvalue weighted by Gasteiger charge is -2.20. The number of carboxylic acid groups (broad SMARTS) is 1. The Morgan fingerprint density at radius 3 is 2.62 bits per heavy atom. The number of amides is 1. The highest BCUT2D eigenvalue weighted by molar-refractivity contribution is 5.81. The molecule has 1 N–H and O–H groups in total. The third-order valence-electron chi connectivity index (χ3n) is 3.69. The van der Waals surface area contributed by atoms with Gasteiger partial charge in [0.05, 0.1) is 17.0 Å². The maximum Gasteiger partial charge on any atom is 0.311 e. The lowest BCUT2D eigenvalue weighted by molar-refractivity contribution is -0.147. The largest absolute Gasteiger partial charge is 0.484 e. The Morgan fingerprint density at radius 1 is 1.43 bits per heavy atom. The van der Waals surface area contributed by atoms with Crippen molar-refractivity contribution in [2.75, 3.05) is 19.7 Å². The molecular weight excluding hydrogens is 272 g/mol. The first kappa shape index (κ1) is 14.9. The molecule has 6 nitrogen and oxygen atoms in total. The van der Waals surface area contributed by atoms with E-state index in [9.17, 15) is 9.59 Å². The first-order valence-corrected chi connectivity index (χ1v) is 6.59. The van der Waals surface area contributed by atoms with Crippen LogP contribution in [0.5, 0.6) is 5.75 Å². The van der Waals surface area contributed by atoms with E-state index in [1.165, 1.54) is 4.90 Å². The number of benzene rings is 1. The number of nitrogens with zero attached hydrogens (tertiary/aromatic N) is 2. The molecule has 1 amide bonds. The molecule has 1 atom stereocenters. The van der Waals surface area contributed by atoms with E-state index in [0.29, 0.717) is 24.3 Å². The zero-order valence-electron chi connectivity index (χ0n) is 11.7. The summed E-state index contributed by atoms with van der Waals surface area (Å²) >= 11 is 0. The smallest absolute Gasteiger partial charge is 0.311 e. The Balaban J connectivity index is 1.88. The van der Waals surface area contributed by atoms with Crippen molar-refractivity contribution in [2.45, 2.75) is 13.3 Å². The predicted molar refractivity (Wildman–Crippen MR) is 73.6 cm³/mol. The van der Waals surface area contributed by atoms with Crippen LogP contribution in [0.3, 0.4) is 0 Å². The van der Waals surface area contributed by atoms with Crippen LogP contribution < -0.4 is 4.74 Å². The molecule has 110 valence electrons. The summed E-state index contributed by atoms with van der Waals surface area (Å²) in [4.78, 5) is 24.7. The molecular formula is C15H16N2O4. The number of carbonyl (C=O) groups is 2. The second-order valence-corrected chi connectivity index (χ2v) is 5.36. The number of hydrogen-bond donors (Lipinski definition) is 1. The van der Waals surface area contributed by atoms with Gasteiger partial charge in [0.1, 0.15) is 5.75 Å². The van der Waals surface area contributed by atoms with E-state index in [4.69, 9.17) is 15.1 Å². The van der Waals surface area contributed by atoms with Crippen molar-refractivity contribution in [2.24, 2.45) is 5.41 Å². The van der Waals surface area contributed by atoms with Crippen LogP contribution in [0, 0.1) is 16.7 Å². The minimum Gasteiger partial charge on any atom is -0.484 e. The minimum absolute atomic E-state index is 0.137. The van der Waals surface area contributed by atoms with Crippen LogP contribution in [-0.2, 0) is 9.59 Å². The van der Waals surface area contributed by atoms with Gasteiger partial charge in [-0.25, -0.2) is 0 Å². The summed E-state index contributed by atoms with van der Waals surface area (Å²) in [5, 5.41) is 17.8. The van der Waals surface area contributed by atoms with Gasteiger partial charge >= 0.3 is 5.97 Å². The van der Waals surface area contributed by atoms with E-state index < -0.39 is 11.4 Å². The van der Waals surface area contributed by atoms with Crippen molar-refractivity contribution < 1.29 is 19.4 Å². The van der Waals surface area contributed by atoms with Crippen molar-refractivity contribution in [3.8, 4) is 11.8 Å². The highest BCUT2D eigenvalue weighted by Crippen LogP contribution is 2.30. The Hall–Kier alpha value is -2.55. The Morgan fingerprint density at radius 2 is 2.10 bits per heavy atom. The summed E-state index contributed by atoms with van der Waals surface area (Å²) in [7, 11) is 0. The maximum absolute atomic E-state index is 12.0. The molecule has 0 aromatic heterocycles. The van der Waals surface area contributed by atoms with E-state index in [2.05, 4.69) is 0 Å². The number of ether oxygens (including phenoxy) is 1. The highest BCUT2D eigenvalue weighted by Gasteiger charge is 2.42. The topological polar surface area (TPSA) is 90.6 Å². The lowest BCUT2D eigenvalue weighted by atomic mass is 9.90. The predicted octanol–water partition coefficient (Wildman–Crippen LogP) is 1.26. The van der Waals surface area contributed by atoms with E-state index in [-0.39, 0.29) is 19.1 Å². The molecule has 1 aromatic carbocycles. The monoisotopic (exact) mass is 288 g/mol. The van der Waals surface area contributed by atoms with Crippen LogP contribution in [0.2, 0.25) is 0 Å². The van der Waals surface area contributed by atoms with Gasteiger partial charge in [-0.3, -0.25) is 9.59 Å². The molecule has 21 heavy (non-hydrogen) atoms. The van der Waals surface area contributed by atoms with Gasteiger partial charge in [0.2, 0.25) is 0 Å². The van der Waals surface area contributed by atoms with Gasteiger partial charge in [0, 0.05) is 13.1 Å². The van der Waals surface area contributed by atoms with E-state index in [1.54, 1.807) is 31.2 Å². The molecule has 2 rings (SSSR count). The number of aliphatic carboxylic acids is 1. The van der Waals surface area contributed by atoms with Crippen LogP contribution in [0.25, 0.3) is 0 Å². The molecule has 0 saturated carbocycles. The summed E-state index contributed by atoms with van der Waals surface area (Å²) in [6, 6.07) is 8.46. The van der Waals surface area contributed by atoms with Crippen LogP contribution >= 0.6 is 0 Å². The van der Waals surface area contributed by atoms with Gasteiger partial charge in [0.25, 0.3) is 5.91 Å². The van der Waals surface area contributed by atoms with Gasteiger partial charge in [-0.15, -0.1) is 0 Å². The van der Waals surface area contributed by atoms with Gasteiger partial charge < -0.3 is 14.7 Å². The summed E-state index contributed by atoms with van der Waals surface area (Å²) < 4.78 is 5.36. The Bertz CT molecular complexity index is 591. The fraction of sp³-hybridized carbons (Fsp3) is 0.400.